The van der Waals surface area contributed by atoms with Crippen molar-refractivity contribution in [3.8, 4) is 0 Å². The summed E-state index contributed by atoms with van der Waals surface area (Å²) in [6.07, 6.45) is 22.3. The van der Waals surface area contributed by atoms with Crippen molar-refractivity contribution in [1.82, 2.24) is 16.0 Å². The minimum Gasteiger partial charge on any atom is -0.317 e. The quantitative estimate of drug-likeness (QED) is 0.573. The number of hydrogen-bond acceptors (Lipinski definition) is 3. The van der Waals surface area contributed by atoms with E-state index in [1.54, 1.807) is 0 Å². The molecule has 1 aliphatic heterocycles. The lowest BCUT2D eigenvalue weighted by Crippen LogP contribution is -2.17. The maximum atomic E-state index is 3.62. The number of hydrogen-bond donors (Lipinski definition) is 3. The van der Waals surface area contributed by atoms with E-state index in [1.807, 2.05) is 0 Å². The second kappa shape index (κ2) is 20.2. The summed E-state index contributed by atoms with van der Waals surface area (Å²) in [5.74, 6) is 0. The first kappa shape index (κ1) is 22.9. The zero-order chi connectivity index (χ0) is 17.7. The van der Waals surface area contributed by atoms with Gasteiger partial charge in [0.1, 0.15) is 0 Å². The Morgan fingerprint density at radius 1 is 0.200 bits per heavy atom. The van der Waals surface area contributed by atoms with Crippen molar-refractivity contribution in [2.75, 3.05) is 39.3 Å². The van der Waals surface area contributed by atoms with Crippen LogP contribution in [0.3, 0.4) is 0 Å². The van der Waals surface area contributed by atoms with E-state index in [-0.39, 0.29) is 0 Å². The van der Waals surface area contributed by atoms with Crippen LogP contribution >= 0.6 is 0 Å². The van der Waals surface area contributed by atoms with E-state index in [9.17, 15) is 0 Å². The highest BCUT2D eigenvalue weighted by Gasteiger charge is 1.96. The minimum absolute atomic E-state index is 1.22. The molecule has 0 amide bonds. The second-order valence-electron chi connectivity index (χ2n) is 7.91. The van der Waals surface area contributed by atoms with Crippen molar-refractivity contribution in [2.24, 2.45) is 0 Å². The van der Waals surface area contributed by atoms with Crippen molar-refractivity contribution in [1.29, 1.82) is 0 Å². The van der Waals surface area contributed by atoms with Crippen LogP contribution in [0.2, 0.25) is 0 Å². The average molecular weight is 354 g/mol. The van der Waals surface area contributed by atoms with E-state index < -0.39 is 0 Å². The summed E-state index contributed by atoms with van der Waals surface area (Å²) in [4.78, 5) is 0. The Labute approximate surface area is 158 Å². The molecule has 0 bridgehead atoms. The molecule has 0 aromatic carbocycles. The predicted molar refractivity (Wildman–Crippen MR) is 112 cm³/mol. The van der Waals surface area contributed by atoms with Crippen molar-refractivity contribution < 1.29 is 0 Å². The summed E-state index contributed by atoms with van der Waals surface area (Å²) in [5.41, 5.74) is 0. The fourth-order valence-corrected chi connectivity index (χ4v) is 3.64. The third-order valence-electron chi connectivity index (χ3n) is 5.37. The smallest absolute Gasteiger partial charge is 0.00489 e. The van der Waals surface area contributed by atoms with Gasteiger partial charge in [0.2, 0.25) is 0 Å². The van der Waals surface area contributed by atoms with E-state index in [1.165, 1.54) is 142 Å². The van der Waals surface area contributed by atoms with Crippen molar-refractivity contribution in [3.63, 3.8) is 0 Å². The Morgan fingerprint density at radius 2 is 0.360 bits per heavy atom. The molecule has 0 aliphatic carbocycles. The first-order valence-electron chi connectivity index (χ1n) is 11.6. The second-order valence-corrected chi connectivity index (χ2v) is 7.91. The highest BCUT2D eigenvalue weighted by molar-refractivity contribution is 4.55. The largest absolute Gasteiger partial charge is 0.317 e. The molecule has 3 heteroatoms. The Hall–Kier alpha value is -0.120. The molecule has 3 nitrogen and oxygen atoms in total. The summed E-state index contributed by atoms with van der Waals surface area (Å²) in [7, 11) is 0. The summed E-state index contributed by atoms with van der Waals surface area (Å²) < 4.78 is 0. The van der Waals surface area contributed by atoms with Gasteiger partial charge in [-0.1, -0.05) is 64.2 Å². The van der Waals surface area contributed by atoms with Crippen LogP contribution in [0.15, 0.2) is 0 Å². The summed E-state index contributed by atoms with van der Waals surface area (Å²) in [5, 5.41) is 10.9. The van der Waals surface area contributed by atoms with Gasteiger partial charge in [-0.15, -0.1) is 0 Å². The van der Waals surface area contributed by atoms with Crippen LogP contribution in [0, 0.1) is 0 Å². The molecule has 0 aromatic heterocycles. The van der Waals surface area contributed by atoms with Gasteiger partial charge < -0.3 is 16.0 Å². The summed E-state index contributed by atoms with van der Waals surface area (Å²) >= 11 is 0. The van der Waals surface area contributed by atoms with Crippen LogP contribution < -0.4 is 16.0 Å². The van der Waals surface area contributed by atoms with E-state index in [0.29, 0.717) is 0 Å². The number of nitrogens with one attached hydrogen (secondary N) is 3. The maximum absolute atomic E-state index is 3.62. The lowest BCUT2D eigenvalue weighted by Gasteiger charge is -2.06. The Bertz CT molecular complexity index is 129. The lowest BCUT2D eigenvalue weighted by molar-refractivity contribution is 0.530. The topological polar surface area (TPSA) is 36.1 Å². The van der Waals surface area contributed by atoms with Crippen LogP contribution in [-0.4, -0.2) is 39.3 Å². The predicted octanol–water partition coefficient (Wildman–Crippen LogP) is 5.01. The van der Waals surface area contributed by atoms with E-state index in [0.717, 1.165) is 0 Å². The molecule has 0 atom stereocenters. The lowest BCUT2D eigenvalue weighted by atomic mass is 10.1. The molecule has 1 rings (SSSR count). The standard InChI is InChI=1S/C22H47N3/c1-3-7-13-19-24-21-15-9-10-16-22-25-20-14-8-4-2-6-12-18-23-17-11-5-1/h23-25H,1-22H2. The van der Waals surface area contributed by atoms with Gasteiger partial charge in [-0.05, 0) is 77.8 Å². The SMILES string of the molecule is C1CCCCNCCCCCCNCCCCCCCCNCCC1. The molecular weight excluding hydrogens is 306 g/mol. The Kier molecular flexibility index (Phi) is 18.5. The first-order chi connectivity index (χ1) is 12.5. The van der Waals surface area contributed by atoms with Gasteiger partial charge in [0, 0.05) is 0 Å². The summed E-state index contributed by atoms with van der Waals surface area (Å²) in [6.45, 7) is 7.35. The molecule has 0 saturated carbocycles. The van der Waals surface area contributed by atoms with Crippen LogP contribution in [0.5, 0.6) is 0 Å². The van der Waals surface area contributed by atoms with Crippen LogP contribution in [0.1, 0.15) is 103 Å². The molecule has 1 fully saturated rings. The van der Waals surface area contributed by atoms with Gasteiger partial charge in [-0.2, -0.15) is 0 Å². The van der Waals surface area contributed by atoms with Gasteiger partial charge >= 0.3 is 0 Å². The molecule has 0 aromatic rings. The van der Waals surface area contributed by atoms with E-state index in [4.69, 9.17) is 0 Å². The monoisotopic (exact) mass is 353 g/mol. The van der Waals surface area contributed by atoms with Gasteiger partial charge in [0.05, 0.1) is 0 Å². The Morgan fingerprint density at radius 3 is 0.560 bits per heavy atom. The molecule has 0 unspecified atom stereocenters. The molecule has 1 aliphatic rings. The molecule has 1 heterocycles. The van der Waals surface area contributed by atoms with Gasteiger partial charge in [-0.25, -0.2) is 0 Å². The Balaban J connectivity index is 2.00. The van der Waals surface area contributed by atoms with Crippen LogP contribution in [-0.2, 0) is 0 Å². The normalized spacial score (nSPS) is 24.0. The third-order valence-corrected chi connectivity index (χ3v) is 5.37. The fraction of sp³-hybridized carbons (Fsp3) is 1.00. The third kappa shape index (κ3) is 18.5. The summed E-state index contributed by atoms with van der Waals surface area (Å²) in [6, 6.07) is 0. The highest BCUT2D eigenvalue weighted by Crippen LogP contribution is 2.06. The van der Waals surface area contributed by atoms with E-state index in [2.05, 4.69) is 16.0 Å². The minimum atomic E-state index is 1.22. The zero-order valence-corrected chi connectivity index (χ0v) is 17.1. The van der Waals surface area contributed by atoms with E-state index >= 15 is 0 Å². The highest BCUT2D eigenvalue weighted by atomic mass is 14.8. The number of rotatable bonds is 0. The van der Waals surface area contributed by atoms with Crippen LogP contribution in [0.4, 0.5) is 0 Å². The molecule has 150 valence electrons. The van der Waals surface area contributed by atoms with Gasteiger partial charge in [0.25, 0.3) is 0 Å². The van der Waals surface area contributed by atoms with Crippen molar-refractivity contribution in [2.45, 2.75) is 103 Å². The van der Waals surface area contributed by atoms with Crippen molar-refractivity contribution in [3.05, 3.63) is 0 Å². The van der Waals surface area contributed by atoms with Gasteiger partial charge in [-0.3, -0.25) is 0 Å². The molecule has 3 N–H and O–H groups in total. The molecular formula is C22H47N3. The fourth-order valence-electron chi connectivity index (χ4n) is 3.64. The van der Waals surface area contributed by atoms with Crippen LogP contribution in [0.25, 0.3) is 0 Å². The van der Waals surface area contributed by atoms with Crippen molar-refractivity contribution >= 4 is 0 Å². The molecule has 1 saturated heterocycles. The first-order valence-corrected chi connectivity index (χ1v) is 11.6. The maximum Gasteiger partial charge on any atom is -0.00489 e. The average Bonchev–Trinajstić information content (AvgIpc) is 2.62. The van der Waals surface area contributed by atoms with Gasteiger partial charge in [0.15, 0.2) is 0 Å². The molecule has 25 heavy (non-hydrogen) atoms. The zero-order valence-electron chi connectivity index (χ0n) is 17.1. The molecule has 0 spiro atoms. The molecule has 0 radical (unpaired) electrons.